The summed E-state index contributed by atoms with van der Waals surface area (Å²) in [7, 11) is -14.8. The standard InChI is InChI=1S/C44H59F2N9O15P2Si2/c1-24(2)73(62,25(3)4)70-74(26(5)6,27(7)8)69-36-30(19-56)65-44(54-18-29(45)32-39(54)51-22-53(9)42(32)58)37(36)68-72(61,63-17-13-16-47)64-20-31-35(67-71(59)60)33(46)43(66-31)55-23-50-34-38(48-21-49-40(34)55)52-41(57)28-14-11-10-12-15-28/h10-12,14-15,18,21-27,30-31,33,35-37,43-44,56,62H,13,17,19-20H2,1-9H3,(H-,48,49,52,57,59,60)/p+1/t30?,31?,33-,35-,36-,37-,43-,44-,72?/m1/s1. The summed E-state index contributed by atoms with van der Waals surface area (Å²) in [6.45, 7) is 12.4. The number of phosphoric ester groups is 1. The Bertz CT molecular complexity index is 2950. The summed E-state index contributed by atoms with van der Waals surface area (Å²) in [5.41, 5.74) is -2.22. The van der Waals surface area contributed by atoms with Crippen molar-refractivity contribution < 1.29 is 73.6 Å². The van der Waals surface area contributed by atoms with Gasteiger partial charge in [-0.2, -0.15) is 5.26 Å². The number of hydrogen-bond acceptors (Lipinski definition) is 19. The monoisotopic (exact) mass is 1110 g/mol. The van der Waals surface area contributed by atoms with Crippen molar-refractivity contribution in [2.75, 3.05) is 25.1 Å². The second-order valence-electron chi connectivity index (χ2n) is 19.0. The van der Waals surface area contributed by atoms with Gasteiger partial charge >= 0.3 is 33.2 Å². The second kappa shape index (κ2) is 23.3. The summed E-state index contributed by atoms with van der Waals surface area (Å²) in [5, 5.41) is 22.7. The normalized spacial score (nSPS) is 23.7. The summed E-state index contributed by atoms with van der Waals surface area (Å²) in [4.78, 5) is 65.4. The van der Waals surface area contributed by atoms with Crippen LogP contribution >= 0.6 is 16.1 Å². The predicted octanol–water partition coefficient (Wildman–Crippen LogP) is 6.49. The van der Waals surface area contributed by atoms with Crippen LogP contribution < -0.4 is 10.9 Å². The van der Waals surface area contributed by atoms with Crippen LogP contribution in [0.15, 0.2) is 60.3 Å². The molecule has 4 unspecified atom stereocenters. The van der Waals surface area contributed by atoms with Gasteiger partial charge in [0, 0.05) is 23.4 Å². The Kier molecular flexibility index (Phi) is 18.0. The number of alkyl halides is 1. The van der Waals surface area contributed by atoms with Gasteiger partial charge in [-0.1, -0.05) is 73.6 Å². The van der Waals surface area contributed by atoms with Crippen LogP contribution in [0.3, 0.4) is 0 Å². The van der Waals surface area contributed by atoms with Crippen molar-refractivity contribution in [1.29, 1.82) is 5.26 Å². The molecular weight excluding hydrogens is 1050 g/mol. The number of hydrogen-bond donors (Lipinski definition) is 4. The molecule has 74 heavy (non-hydrogen) atoms. The van der Waals surface area contributed by atoms with Gasteiger partial charge < -0.3 is 42.4 Å². The van der Waals surface area contributed by atoms with E-state index in [4.69, 9.17) is 36.1 Å². The van der Waals surface area contributed by atoms with Crippen LogP contribution in [0.4, 0.5) is 14.6 Å². The van der Waals surface area contributed by atoms with E-state index < -0.39 is 136 Å². The average molecular weight is 1110 g/mol. The number of rotatable bonds is 23. The van der Waals surface area contributed by atoms with E-state index >= 15 is 13.3 Å². The first-order chi connectivity index (χ1) is 35.0. The number of anilines is 1. The molecule has 0 bridgehead atoms. The first kappa shape index (κ1) is 57.0. The Morgan fingerprint density at radius 1 is 0.932 bits per heavy atom. The number of imidazole rings is 1. The van der Waals surface area contributed by atoms with Gasteiger partial charge in [0.15, 0.2) is 53.2 Å². The van der Waals surface area contributed by atoms with E-state index in [1.165, 1.54) is 7.05 Å². The minimum Gasteiger partial charge on any atom is -0.414 e. The number of nitrogens with one attached hydrogen (secondary N) is 1. The molecule has 5 aromatic rings. The van der Waals surface area contributed by atoms with Crippen molar-refractivity contribution in [2.45, 2.75) is 133 Å². The fourth-order valence-corrected chi connectivity index (χ4v) is 20.8. The number of ether oxygens (including phenoxy) is 2. The van der Waals surface area contributed by atoms with Crippen LogP contribution in [0.1, 0.15) is 84.6 Å². The van der Waals surface area contributed by atoms with Gasteiger partial charge in [0.1, 0.15) is 36.1 Å². The van der Waals surface area contributed by atoms with Gasteiger partial charge in [-0.25, -0.2) is 33.3 Å². The maximum absolute atomic E-state index is 16.7. The zero-order valence-electron chi connectivity index (χ0n) is 41.9. The lowest BCUT2D eigenvalue weighted by atomic mass is 10.1. The highest BCUT2D eigenvalue weighted by molar-refractivity contribution is 7.48. The van der Waals surface area contributed by atoms with E-state index in [1.54, 1.807) is 30.3 Å². The number of halogens is 2. The molecule has 24 nitrogen and oxygen atoms in total. The number of benzene rings is 1. The molecule has 7 rings (SSSR count). The van der Waals surface area contributed by atoms with Crippen LogP contribution in [0.2, 0.25) is 22.2 Å². The van der Waals surface area contributed by atoms with Crippen molar-refractivity contribution >= 4 is 67.1 Å². The molecule has 402 valence electrons. The maximum atomic E-state index is 16.7. The highest BCUT2D eigenvalue weighted by Gasteiger charge is 2.61. The van der Waals surface area contributed by atoms with Gasteiger partial charge in [0.25, 0.3) is 11.5 Å². The van der Waals surface area contributed by atoms with Crippen LogP contribution in [0, 0.1) is 17.1 Å². The third-order valence-electron chi connectivity index (χ3n) is 13.0. The van der Waals surface area contributed by atoms with E-state index in [0.29, 0.717) is 5.56 Å². The lowest BCUT2D eigenvalue weighted by Gasteiger charge is -2.47. The Hall–Kier alpha value is -4.67. The Balaban J connectivity index is 1.27. The molecular formula is C44H60F2N9O15P2Si2+. The number of fused-ring (bicyclic) bond motifs is 2. The molecule has 1 amide bonds. The molecule has 0 radical (unpaired) electrons. The van der Waals surface area contributed by atoms with Crippen LogP contribution in [-0.4, -0.2) is 128 Å². The number of carbonyl (C=O) groups excluding carboxylic acids is 1. The highest BCUT2D eigenvalue weighted by atomic mass is 31.2. The minimum atomic E-state index is -5.21. The Morgan fingerprint density at radius 3 is 2.23 bits per heavy atom. The SMILES string of the molecule is CC(C)[Si](O)(O[Si](O[C@@H]1C(CO)O[C@@H](n2cc(F)c3c(=O)n(C)cnc32)[C@@H]1OP(=O)(OCCC#N)OCC1O[C@@H](n2cnc3c(NC(=O)c4ccccc4)ncnc32)[C@H](F)[C@@H]1O[P+](=O)O)(C(C)C)C(C)C)C(C)C. The largest absolute Gasteiger partial charge is 0.695 e. The molecule has 2 aliphatic rings. The summed E-state index contributed by atoms with van der Waals surface area (Å²) in [6.07, 6.45) is -9.97. The lowest BCUT2D eigenvalue weighted by molar-refractivity contribution is -0.0615. The van der Waals surface area contributed by atoms with Crippen molar-refractivity contribution in [1.82, 2.24) is 33.6 Å². The molecule has 30 heteroatoms. The van der Waals surface area contributed by atoms with E-state index in [2.05, 4.69) is 25.3 Å². The number of aromatic nitrogens is 7. The molecule has 2 saturated heterocycles. The number of nitriles is 1. The van der Waals surface area contributed by atoms with Crippen LogP contribution in [-0.2, 0) is 52.3 Å². The predicted molar refractivity (Wildman–Crippen MR) is 264 cm³/mol. The third-order valence-corrected chi connectivity index (χ3v) is 24.6. The number of nitrogens with zero attached hydrogens (tertiary/aromatic N) is 8. The fraction of sp³-hybridized carbons (Fsp3) is 0.568. The van der Waals surface area contributed by atoms with Gasteiger partial charge in [-0.05, 0) is 34.3 Å². The summed E-state index contributed by atoms with van der Waals surface area (Å²) >= 11 is 0. The van der Waals surface area contributed by atoms with E-state index in [-0.39, 0.29) is 40.1 Å². The van der Waals surface area contributed by atoms with E-state index in [1.807, 2.05) is 61.5 Å². The van der Waals surface area contributed by atoms with Crippen LogP contribution in [0.25, 0.3) is 22.2 Å². The maximum Gasteiger partial charge on any atom is 0.695 e. The van der Waals surface area contributed by atoms with Gasteiger partial charge in [0.05, 0.1) is 45.0 Å². The molecule has 0 saturated carbocycles. The molecule has 0 aliphatic carbocycles. The zero-order chi connectivity index (χ0) is 54.0. The fourth-order valence-electron chi connectivity index (χ4n) is 9.08. The summed E-state index contributed by atoms with van der Waals surface area (Å²) in [5.74, 6) is -1.58. The topological polar surface area (TPSA) is 305 Å². The molecule has 6 heterocycles. The summed E-state index contributed by atoms with van der Waals surface area (Å²) < 4.78 is 113. The van der Waals surface area contributed by atoms with Crippen molar-refractivity contribution in [3.63, 3.8) is 0 Å². The van der Waals surface area contributed by atoms with Crippen molar-refractivity contribution in [2.24, 2.45) is 7.05 Å². The smallest absolute Gasteiger partial charge is 0.414 e. The summed E-state index contributed by atoms with van der Waals surface area (Å²) in [6, 6.07) is 10.1. The van der Waals surface area contributed by atoms with Crippen LogP contribution in [0.5, 0.6) is 0 Å². The molecule has 4 N–H and O–H groups in total. The molecule has 0 spiro atoms. The minimum absolute atomic E-state index is 0.0202. The highest BCUT2D eigenvalue weighted by Crippen LogP contribution is 2.56. The van der Waals surface area contributed by atoms with Crippen molar-refractivity contribution in [3.05, 3.63) is 77.2 Å². The Morgan fingerprint density at radius 2 is 1.61 bits per heavy atom. The van der Waals surface area contributed by atoms with Gasteiger partial charge in [-0.3, -0.25) is 27.7 Å². The number of aryl methyl sites for hydroxylation is 1. The van der Waals surface area contributed by atoms with Gasteiger partial charge in [0.2, 0.25) is 0 Å². The average Bonchev–Trinajstić information content (AvgIpc) is 4.11. The number of aliphatic hydroxyl groups is 1. The van der Waals surface area contributed by atoms with Gasteiger partial charge in [-0.15, -0.1) is 9.42 Å². The lowest BCUT2D eigenvalue weighted by Crippen LogP contribution is -2.62. The molecule has 2 aliphatic heterocycles. The molecule has 1 aromatic carbocycles. The zero-order valence-corrected chi connectivity index (χ0v) is 45.7. The molecule has 10 atom stereocenters. The third kappa shape index (κ3) is 11.4. The van der Waals surface area contributed by atoms with E-state index in [0.717, 1.165) is 38.9 Å². The van der Waals surface area contributed by atoms with E-state index in [9.17, 15) is 34.2 Å². The first-order valence-electron chi connectivity index (χ1n) is 23.7. The number of aliphatic hydroxyl groups excluding tert-OH is 1. The number of phosphoric acid groups is 1. The Labute approximate surface area is 426 Å². The quantitative estimate of drug-likeness (QED) is 0.0309. The molecule has 2 fully saturated rings. The van der Waals surface area contributed by atoms with Crippen molar-refractivity contribution in [3.8, 4) is 6.07 Å². The first-order valence-corrected chi connectivity index (χ1v) is 30.3. The second-order valence-corrected chi connectivity index (χ2v) is 29.9. The number of amides is 1. The number of carbonyl (C=O) groups is 1. The molecule has 4 aromatic heterocycles.